The molecule has 19 heavy (non-hydrogen) atoms. The SMILES string of the molecule is CCOc1ccc(Br)cc1CNCCNC[C@@H](C)O. The van der Waals surface area contributed by atoms with Crippen molar-refractivity contribution in [2.75, 3.05) is 26.2 Å². The molecule has 0 aliphatic rings. The van der Waals surface area contributed by atoms with Crippen LogP contribution < -0.4 is 15.4 Å². The van der Waals surface area contributed by atoms with Crippen LogP contribution in [-0.4, -0.2) is 37.5 Å². The van der Waals surface area contributed by atoms with Crippen molar-refractivity contribution in [1.82, 2.24) is 10.6 Å². The van der Waals surface area contributed by atoms with Crippen molar-refractivity contribution in [3.63, 3.8) is 0 Å². The zero-order valence-corrected chi connectivity index (χ0v) is 13.2. The summed E-state index contributed by atoms with van der Waals surface area (Å²) < 4.78 is 6.65. The third kappa shape index (κ3) is 6.92. The van der Waals surface area contributed by atoms with E-state index in [4.69, 9.17) is 9.84 Å². The molecule has 3 N–H and O–H groups in total. The van der Waals surface area contributed by atoms with Crippen LogP contribution in [0.25, 0.3) is 0 Å². The number of hydrogen-bond donors (Lipinski definition) is 3. The molecule has 0 saturated carbocycles. The molecule has 1 rings (SSSR count). The standard InChI is InChI=1S/C14H23BrN2O2/c1-3-19-14-5-4-13(15)8-12(14)10-17-7-6-16-9-11(2)18/h4-5,8,11,16-18H,3,6-7,9-10H2,1-2H3/t11-/m1/s1. The highest BCUT2D eigenvalue weighted by Gasteiger charge is 2.03. The molecule has 0 saturated heterocycles. The van der Waals surface area contributed by atoms with Crippen LogP contribution in [0.1, 0.15) is 19.4 Å². The molecule has 0 spiro atoms. The summed E-state index contributed by atoms with van der Waals surface area (Å²) >= 11 is 3.47. The Morgan fingerprint density at radius 3 is 2.74 bits per heavy atom. The lowest BCUT2D eigenvalue weighted by atomic mass is 10.2. The predicted molar refractivity (Wildman–Crippen MR) is 81.6 cm³/mol. The summed E-state index contributed by atoms with van der Waals surface area (Å²) in [4.78, 5) is 0. The van der Waals surface area contributed by atoms with Crippen molar-refractivity contribution in [1.29, 1.82) is 0 Å². The Morgan fingerprint density at radius 2 is 2.05 bits per heavy atom. The van der Waals surface area contributed by atoms with Crippen molar-refractivity contribution >= 4 is 15.9 Å². The summed E-state index contributed by atoms with van der Waals surface area (Å²) in [6, 6.07) is 6.04. The average molecular weight is 331 g/mol. The van der Waals surface area contributed by atoms with Gasteiger partial charge in [-0.1, -0.05) is 15.9 Å². The average Bonchev–Trinajstić information content (AvgIpc) is 2.36. The van der Waals surface area contributed by atoms with Gasteiger partial charge in [0.1, 0.15) is 5.75 Å². The number of aliphatic hydroxyl groups is 1. The van der Waals surface area contributed by atoms with Crippen molar-refractivity contribution in [3.8, 4) is 5.75 Å². The molecular formula is C14H23BrN2O2. The van der Waals surface area contributed by atoms with Gasteiger partial charge in [-0.3, -0.25) is 0 Å². The first-order chi connectivity index (χ1) is 9.13. The van der Waals surface area contributed by atoms with Gasteiger partial charge in [-0.2, -0.15) is 0 Å². The van der Waals surface area contributed by atoms with Gasteiger partial charge in [0.15, 0.2) is 0 Å². The van der Waals surface area contributed by atoms with Gasteiger partial charge in [0.05, 0.1) is 12.7 Å². The monoisotopic (exact) mass is 330 g/mol. The molecule has 0 radical (unpaired) electrons. The van der Waals surface area contributed by atoms with Crippen LogP contribution in [0.3, 0.4) is 0 Å². The maximum absolute atomic E-state index is 9.11. The molecule has 0 aliphatic heterocycles. The van der Waals surface area contributed by atoms with Gasteiger partial charge in [0.2, 0.25) is 0 Å². The first-order valence-corrected chi connectivity index (χ1v) is 7.43. The van der Waals surface area contributed by atoms with E-state index in [1.165, 1.54) is 0 Å². The molecule has 1 atom stereocenters. The van der Waals surface area contributed by atoms with Crippen LogP contribution in [0, 0.1) is 0 Å². The minimum Gasteiger partial charge on any atom is -0.494 e. The normalized spacial score (nSPS) is 12.4. The Balaban J connectivity index is 2.33. The lowest BCUT2D eigenvalue weighted by molar-refractivity contribution is 0.191. The number of ether oxygens (including phenoxy) is 1. The van der Waals surface area contributed by atoms with E-state index < -0.39 is 0 Å². The van der Waals surface area contributed by atoms with E-state index >= 15 is 0 Å². The smallest absolute Gasteiger partial charge is 0.123 e. The van der Waals surface area contributed by atoms with Gasteiger partial charge in [0.25, 0.3) is 0 Å². The number of benzene rings is 1. The number of rotatable bonds is 9. The Hall–Kier alpha value is -0.620. The molecule has 0 unspecified atom stereocenters. The third-order valence-electron chi connectivity index (χ3n) is 2.56. The topological polar surface area (TPSA) is 53.5 Å². The predicted octanol–water partition coefficient (Wildman–Crippen LogP) is 1.91. The Labute approximate surface area is 123 Å². The summed E-state index contributed by atoms with van der Waals surface area (Å²) in [7, 11) is 0. The van der Waals surface area contributed by atoms with E-state index in [0.717, 1.165) is 35.4 Å². The van der Waals surface area contributed by atoms with Crippen LogP contribution >= 0.6 is 15.9 Å². The zero-order valence-electron chi connectivity index (χ0n) is 11.6. The second kappa shape index (κ2) is 9.31. The van der Waals surface area contributed by atoms with Crippen molar-refractivity contribution < 1.29 is 9.84 Å². The molecule has 108 valence electrons. The molecule has 0 heterocycles. The number of halogens is 1. The second-order valence-corrected chi connectivity index (χ2v) is 5.33. The Kier molecular flexibility index (Phi) is 8.05. The molecule has 1 aromatic carbocycles. The summed E-state index contributed by atoms with van der Waals surface area (Å²) in [6.07, 6.45) is -0.297. The lowest BCUT2D eigenvalue weighted by Crippen LogP contribution is -2.31. The molecule has 4 nitrogen and oxygen atoms in total. The molecule has 0 bridgehead atoms. The fourth-order valence-electron chi connectivity index (χ4n) is 1.69. The summed E-state index contributed by atoms with van der Waals surface area (Å²) in [6.45, 7) is 7.52. The van der Waals surface area contributed by atoms with E-state index in [-0.39, 0.29) is 6.10 Å². The number of nitrogens with one attached hydrogen (secondary N) is 2. The van der Waals surface area contributed by atoms with E-state index in [9.17, 15) is 0 Å². The fourth-order valence-corrected chi connectivity index (χ4v) is 2.10. The number of hydrogen-bond acceptors (Lipinski definition) is 4. The highest BCUT2D eigenvalue weighted by atomic mass is 79.9. The molecule has 0 amide bonds. The molecule has 0 fully saturated rings. The summed E-state index contributed by atoms with van der Waals surface area (Å²) in [5, 5.41) is 15.6. The van der Waals surface area contributed by atoms with E-state index in [1.807, 2.05) is 19.1 Å². The molecule has 1 aromatic rings. The quantitative estimate of drug-likeness (QED) is 0.605. The molecule has 0 aromatic heterocycles. The molecule has 0 aliphatic carbocycles. The van der Waals surface area contributed by atoms with Crippen LogP contribution in [0.15, 0.2) is 22.7 Å². The van der Waals surface area contributed by atoms with Crippen LogP contribution in [-0.2, 0) is 6.54 Å². The second-order valence-electron chi connectivity index (χ2n) is 4.41. The van der Waals surface area contributed by atoms with Crippen LogP contribution in [0.4, 0.5) is 0 Å². The minimum absolute atomic E-state index is 0.297. The van der Waals surface area contributed by atoms with Gasteiger partial charge < -0.3 is 20.5 Å². The van der Waals surface area contributed by atoms with Crippen molar-refractivity contribution in [2.45, 2.75) is 26.5 Å². The van der Waals surface area contributed by atoms with Crippen molar-refractivity contribution in [2.24, 2.45) is 0 Å². The lowest BCUT2D eigenvalue weighted by Gasteiger charge is -2.12. The van der Waals surface area contributed by atoms with Crippen molar-refractivity contribution in [3.05, 3.63) is 28.2 Å². The maximum atomic E-state index is 9.11. The van der Waals surface area contributed by atoms with Gasteiger partial charge in [-0.25, -0.2) is 0 Å². The van der Waals surface area contributed by atoms with Crippen LogP contribution in [0.2, 0.25) is 0 Å². The summed E-state index contributed by atoms with van der Waals surface area (Å²) in [5.41, 5.74) is 1.15. The van der Waals surface area contributed by atoms with E-state index in [1.54, 1.807) is 6.92 Å². The van der Waals surface area contributed by atoms with Gasteiger partial charge >= 0.3 is 0 Å². The molecule has 5 heteroatoms. The van der Waals surface area contributed by atoms with Gasteiger partial charge in [-0.15, -0.1) is 0 Å². The first-order valence-electron chi connectivity index (χ1n) is 6.64. The number of aliphatic hydroxyl groups excluding tert-OH is 1. The highest BCUT2D eigenvalue weighted by Crippen LogP contribution is 2.23. The highest BCUT2D eigenvalue weighted by molar-refractivity contribution is 9.10. The fraction of sp³-hybridized carbons (Fsp3) is 0.571. The molecular weight excluding hydrogens is 308 g/mol. The largest absolute Gasteiger partial charge is 0.494 e. The Morgan fingerprint density at radius 1 is 1.32 bits per heavy atom. The maximum Gasteiger partial charge on any atom is 0.123 e. The first kappa shape index (κ1) is 16.4. The van der Waals surface area contributed by atoms with E-state index in [2.05, 4.69) is 32.6 Å². The van der Waals surface area contributed by atoms with Gasteiger partial charge in [0, 0.05) is 36.2 Å². The zero-order chi connectivity index (χ0) is 14.1. The third-order valence-corrected chi connectivity index (χ3v) is 3.05. The van der Waals surface area contributed by atoms with Gasteiger partial charge in [-0.05, 0) is 32.0 Å². The van der Waals surface area contributed by atoms with E-state index in [0.29, 0.717) is 13.2 Å². The van der Waals surface area contributed by atoms with Crippen LogP contribution in [0.5, 0.6) is 5.75 Å². The Bertz CT molecular complexity index is 372. The minimum atomic E-state index is -0.297. The summed E-state index contributed by atoms with van der Waals surface area (Å²) in [5.74, 6) is 0.926.